The molecule has 3 aromatic carbocycles. The number of rotatable bonds is 8. The lowest BCUT2D eigenvalue weighted by molar-refractivity contribution is 0.0787. The predicted molar refractivity (Wildman–Crippen MR) is 183 cm³/mol. The van der Waals surface area contributed by atoms with Gasteiger partial charge in [-0.15, -0.1) is 0 Å². The van der Waals surface area contributed by atoms with Gasteiger partial charge in [-0.05, 0) is 36.9 Å². The number of nitrogens with zero attached hydrogens (tertiary/aromatic N) is 7. The standard InChI is InChI=1S/C37H40FN7O3/c1-39-21-28-22-44(19-20-45(28)37(46)48-24-26-9-4-3-5-10-26)35-30-15-18-43(33-14-8-12-27-11-6-7-13-29(27)33)23-32(30)40-36(41-35)47-25-34-31(38)16-17-42(34)2/h3-14,28,31,34H,15-25H2,2H3/t28-,31+,34+/m0/s1. The molecule has 2 saturated heterocycles. The third-order valence-electron chi connectivity index (χ3n) is 9.78. The molecule has 248 valence electrons. The van der Waals surface area contributed by atoms with Crippen LogP contribution in [-0.4, -0.2) is 97.0 Å². The van der Waals surface area contributed by atoms with Gasteiger partial charge in [0.2, 0.25) is 6.54 Å². The molecule has 1 aromatic heterocycles. The van der Waals surface area contributed by atoms with Crippen LogP contribution in [0.5, 0.6) is 6.01 Å². The summed E-state index contributed by atoms with van der Waals surface area (Å²) < 4.78 is 26.5. The number of aromatic nitrogens is 2. The van der Waals surface area contributed by atoms with E-state index in [2.05, 4.69) is 57.1 Å². The molecule has 3 aliphatic heterocycles. The maximum absolute atomic E-state index is 14.7. The molecule has 1 amide bonds. The van der Waals surface area contributed by atoms with E-state index in [4.69, 9.17) is 26.0 Å². The van der Waals surface area contributed by atoms with Gasteiger partial charge in [0, 0.05) is 49.4 Å². The van der Waals surface area contributed by atoms with Crippen molar-refractivity contribution < 1.29 is 18.7 Å². The van der Waals surface area contributed by atoms with E-state index in [0.717, 1.165) is 41.3 Å². The van der Waals surface area contributed by atoms with E-state index in [-0.39, 0.29) is 37.9 Å². The molecule has 0 N–H and O–H groups in total. The van der Waals surface area contributed by atoms with Crippen molar-refractivity contribution in [2.45, 2.75) is 44.2 Å². The van der Waals surface area contributed by atoms with Crippen LogP contribution >= 0.6 is 0 Å². The van der Waals surface area contributed by atoms with E-state index in [1.807, 2.05) is 42.3 Å². The number of piperazine rings is 1. The lowest BCUT2D eigenvalue weighted by Gasteiger charge is -2.40. The molecule has 0 bridgehead atoms. The number of fused-ring (bicyclic) bond motifs is 2. The zero-order chi connectivity index (χ0) is 33.0. The van der Waals surface area contributed by atoms with Crippen LogP contribution in [0.4, 0.5) is 20.7 Å². The van der Waals surface area contributed by atoms with Gasteiger partial charge >= 0.3 is 12.1 Å². The summed E-state index contributed by atoms with van der Waals surface area (Å²) in [5, 5.41) is 2.37. The highest BCUT2D eigenvalue weighted by Gasteiger charge is 2.37. The van der Waals surface area contributed by atoms with Crippen LogP contribution in [0.25, 0.3) is 15.6 Å². The second kappa shape index (κ2) is 14.0. The normalized spacial score (nSPS) is 21.2. The van der Waals surface area contributed by atoms with Gasteiger partial charge in [0.05, 0.1) is 18.3 Å². The van der Waals surface area contributed by atoms with Crippen molar-refractivity contribution in [3.05, 3.63) is 101 Å². The molecule has 7 rings (SSSR count). The Bertz CT molecular complexity index is 1790. The van der Waals surface area contributed by atoms with Gasteiger partial charge in [-0.25, -0.2) is 15.8 Å². The Balaban J connectivity index is 1.15. The van der Waals surface area contributed by atoms with Gasteiger partial charge in [0.1, 0.15) is 31.2 Å². The second-order valence-corrected chi connectivity index (χ2v) is 12.8. The van der Waals surface area contributed by atoms with Crippen LogP contribution < -0.4 is 14.5 Å². The van der Waals surface area contributed by atoms with Crippen LogP contribution in [0.1, 0.15) is 23.2 Å². The molecule has 0 unspecified atom stereocenters. The van der Waals surface area contributed by atoms with Crippen molar-refractivity contribution in [3.63, 3.8) is 0 Å². The van der Waals surface area contributed by atoms with Gasteiger partial charge in [0.25, 0.3) is 0 Å². The van der Waals surface area contributed by atoms with Crippen LogP contribution in [0, 0.1) is 6.57 Å². The van der Waals surface area contributed by atoms with Crippen LogP contribution in [-0.2, 0) is 24.3 Å². The Morgan fingerprint density at radius 3 is 2.60 bits per heavy atom. The highest BCUT2D eigenvalue weighted by atomic mass is 19.1. The number of ether oxygens (including phenoxy) is 2. The fourth-order valence-electron chi connectivity index (χ4n) is 7.11. The average Bonchev–Trinajstić information content (AvgIpc) is 3.45. The average molecular weight is 650 g/mol. The van der Waals surface area contributed by atoms with Gasteiger partial charge < -0.3 is 24.1 Å². The van der Waals surface area contributed by atoms with Crippen molar-refractivity contribution in [1.29, 1.82) is 0 Å². The van der Waals surface area contributed by atoms with Crippen molar-refractivity contribution in [2.24, 2.45) is 0 Å². The Hall–Kier alpha value is -4.95. The summed E-state index contributed by atoms with van der Waals surface area (Å²) in [6, 6.07) is 23.8. The van der Waals surface area contributed by atoms with Gasteiger partial charge in [-0.2, -0.15) is 9.97 Å². The van der Waals surface area contributed by atoms with Gasteiger partial charge in [-0.3, -0.25) is 9.80 Å². The van der Waals surface area contributed by atoms with E-state index < -0.39 is 12.3 Å². The van der Waals surface area contributed by atoms with Crippen LogP contribution in [0.3, 0.4) is 0 Å². The molecule has 0 saturated carbocycles. The fraction of sp³-hybridized carbons (Fsp3) is 0.405. The first-order valence-corrected chi connectivity index (χ1v) is 16.6. The van der Waals surface area contributed by atoms with E-state index in [1.165, 1.54) is 10.8 Å². The SMILES string of the molecule is [C-]#[N+]C[C@H]1CN(c2nc(OC[C@@H]3[C@H](F)CCN3C)nc3c2CCN(c2cccc4ccccc24)C3)CCN1C(=O)OCc1ccccc1. The Morgan fingerprint density at radius 1 is 0.979 bits per heavy atom. The fourth-order valence-corrected chi connectivity index (χ4v) is 7.11. The summed E-state index contributed by atoms with van der Waals surface area (Å²) >= 11 is 0. The zero-order valence-electron chi connectivity index (χ0n) is 27.2. The number of halogens is 1. The van der Waals surface area contributed by atoms with Crippen molar-refractivity contribution in [3.8, 4) is 6.01 Å². The molecule has 0 aliphatic carbocycles. The third-order valence-corrected chi connectivity index (χ3v) is 9.78. The maximum atomic E-state index is 14.7. The number of likely N-dealkylation sites (tertiary alicyclic amines) is 1. The molecule has 3 atom stereocenters. The molecule has 10 nitrogen and oxygen atoms in total. The third kappa shape index (κ3) is 6.58. The second-order valence-electron chi connectivity index (χ2n) is 12.8. The molecule has 3 aliphatic rings. The number of amides is 1. The molecule has 11 heteroatoms. The highest BCUT2D eigenvalue weighted by molar-refractivity contribution is 5.94. The lowest BCUT2D eigenvalue weighted by Crippen LogP contribution is -2.57. The summed E-state index contributed by atoms with van der Waals surface area (Å²) in [5.74, 6) is 0.761. The number of anilines is 2. The van der Waals surface area contributed by atoms with E-state index in [9.17, 15) is 9.18 Å². The number of benzene rings is 3. The smallest absolute Gasteiger partial charge is 0.410 e. The lowest BCUT2D eigenvalue weighted by atomic mass is 10.0. The zero-order valence-corrected chi connectivity index (χ0v) is 27.2. The summed E-state index contributed by atoms with van der Waals surface area (Å²) in [5.41, 5.74) is 3.97. The minimum Gasteiger partial charge on any atom is -0.462 e. The molecular formula is C37H40FN7O3. The van der Waals surface area contributed by atoms with Crippen molar-refractivity contribution in [2.75, 3.05) is 62.7 Å². The number of likely N-dealkylation sites (N-methyl/N-ethyl adjacent to an activating group) is 1. The molecule has 2 fully saturated rings. The minimum absolute atomic E-state index is 0.147. The van der Waals surface area contributed by atoms with Crippen LogP contribution in [0.15, 0.2) is 72.8 Å². The van der Waals surface area contributed by atoms with Crippen molar-refractivity contribution in [1.82, 2.24) is 19.8 Å². The molecule has 4 heterocycles. The topological polar surface area (TPSA) is 78.6 Å². The van der Waals surface area contributed by atoms with E-state index in [1.54, 1.807) is 4.90 Å². The quantitative estimate of drug-likeness (QED) is 0.236. The number of carbonyl (C=O) groups is 1. The number of hydrogen-bond donors (Lipinski definition) is 0. The first kappa shape index (κ1) is 31.6. The Morgan fingerprint density at radius 2 is 1.79 bits per heavy atom. The van der Waals surface area contributed by atoms with E-state index in [0.29, 0.717) is 39.1 Å². The molecule has 0 spiro atoms. The highest BCUT2D eigenvalue weighted by Crippen LogP contribution is 2.35. The molecule has 48 heavy (non-hydrogen) atoms. The van der Waals surface area contributed by atoms with E-state index >= 15 is 0 Å². The summed E-state index contributed by atoms with van der Waals surface area (Å²) in [4.78, 5) is 34.9. The van der Waals surface area contributed by atoms with Gasteiger partial charge in [0.15, 0.2) is 0 Å². The first-order chi connectivity index (χ1) is 23.5. The monoisotopic (exact) mass is 649 g/mol. The van der Waals surface area contributed by atoms with Crippen molar-refractivity contribution >= 4 is 28.4 Å². The number of alkyl halides is 1. The first-order valence-electron chi connectivity index (χ1n) is 16.6. The van der Waals surface area contributed by atoms with Gasteiger partial charge in [-0.1, -0.05) is 66.7 Å². The molecular weight excluding hydrogens is 609 g/mol. The summed E-state index contributed by atoms with van der Waals surface area (Å²) in [6.07, 6.45) is -0.175. The molecule has 0 radical (unpaired) electrons. The summed E-state index contributed by atoms with van der Waals surface area (Å²) in [6.45, 7) is 11.5. The predicted octanol–water partition coefficient (Wildman–Crippen LogP) is 5.36. The Kier molecular flexibility index (Phi) is 9.25. The van der Waals surface area contributed by atoms with Crippen LogP contribution in [0.2, 0.25) is 0 Å². The number of carbonyl (C=O) groups excluding carboxylic acids is 1. The maximum Gasteiger partial charge on any atom is 0.410 e. The number of hydrogen-bond acceptors (Lipinski definition) is 8. The molecule has 4 aromatic rings. The minimum atomic E-state index is -0.960. The largest absolute Gasteiger partial charge is 0.462 e. The Labute approximate surface area is 280 Å². The summed E-state index contributed by atoms with van der Waals surface area (Å²) in [7, 11) is 1.91.